The summed E-state index contributed by atoms with van der Waals surface area (Å²) in [6.07, 6.45) is 3.60. The Bertz CT molecular complexity index is 483. The third kappa shape index (κ3) is 2.65. The van der Waals surface area contributed by atoms with Crippen LogP contribution in [0.25, 0.3) is 4.85 Å². The minimum Gasteiger partial charge on any atom is -0.314 e. The number of hydrogen-bond donors (Lipinski definition) is 1. The summed E-state index contributed by atoms with van der Waals surface area (Å²) in [5, 5.41) is 3.41. The molecule has 1 aromatic rings. The van der Waals surface area contributed by atoms with E-state index < -0.39 is 0 Å². The highest BCUT2D eigenvalue weighted by atomic mass is 15.2. The predicted octanol–water partition coefficient (Wildman–Crippen LogP) is 2.56. The van der Waals surface area contributed by atoms with Crippen molar-refractivity contribution in [2.45, 2.75) is 25.2 Å². The van der Waals surface area contributed by atoms with Crippen molar-refractivity contribution >= 4 is 5.69 Å². The summed E-state index contributed by atoms with van der Waals surface area (Å²) < 4.78 is 0. The highest BCUT2D eigenvalue weighted by Crippen LogP contribution is 2.37. The van der Waals surface area contributed by atoms with Crippen molar-refractivity contribution in [2.24, 2.45) is 0 Å². The van der Waals surface area contributed by atoms with Crippen LogP contribution in [0, 0.1) is 6.57 Å². The van der Waals surface area contributed by atoms with Crippen molar-refractivity contribution in [3.05, 3.63) is 40.7 Å². The average molecular weight is 255 g/mol. The molecule has 1 N–H and O–H groups in total. The van der Waals surface area contributed by atoms with Gasteiger partial charge in [-0.25, -0.2) is 4.85 Å². The van der Waals surface area contributed by atoms with E-state index in [1.807, 2.05) is 6.07 Å². The fraction of sp³-hybridized carbons (Fsp3) is 0.562. The maximum atomic E-state index is 7.31. The molecule has 1 unspecified atom stereocenters. The highest BCUT2D eigenvalue weighted by molar-refractivity contribution is 5.57. The second-order valence-electron chi connectivity index (χ2n) is 5.60. The van der Waals surface area contributed by atoms with Crippen molar-refractivity contribution in [2.75, 3.05) is 32.7 Å². The van der Waals surface area contributed by atoms with Gasteiger partial charge in [-0.1, -0.05) is 23.8 Å². The molecule has 0 saturated carbocycles. The Labute approximate surface area is 115 Å². The number of nitrogens with zero attached hydrogens (tertiary/aromatic N) is 2. The molecule has 0 aromatic heterocycles. The van der Waals surface area contributed by atoms with Crippen molar-refractivity contribution in [3.63, 3.8) is 0 Å². The molecule has 1 atom stereocenters. The Morgan fingerprint density at radius 3 is 2.95 bits per heavy atom. The van der Waals surface area contributed by atoms with Crippen LogP contribution in [0.2, 0.25) is 0 Å². The molecule has 3 rings (SSSR count). The van der Waals surface area contributed by atoms with Crippen LogP contribution < -0.4 is 5.32 Å². The summed E-state index contributed by atoms with van der Waals surface area (Å²) >= 11 is 0. The summed E-state index contributed by atoms with van der Waals surface area (Å²) in [6, 6.07) is 6.28. The summed E-state index contributed by atoms with van der Waals surface area (Å²) in [6.45, 7) is 13.0. The molecule has 19 heavy (non-hydrogen) atoms. The molecule has 0 radical (unpaired) electrons. The number of benzene rings is 1. The minimum absolute atomic E-state index is 0.628. The van der Waals surface area contributed by atoms with Gasteiger partial charge < -0.3 is 10.2 Å². The van der Waals surface area contributed by atoms with E-state index in [-0.39, 0.29) is 0 Å². The van der Waals surface area contributed by atoms with E-state index in [1.165, 1.54) is 24.0 Å². The number of fused-ring (bicyclic) bond motifs is 1. The zero-order valence-electron chi connectivity index (χ0n) is 11.4. The second kappa shape index (κ2) is 5.73. The Balaban J connectivity index is 1.80. The molecule has 1 aromatic carbocycles. The molecule has 1 heterocycles. The quantitative estimate of drug-likeness (QED) is 0.819. The first-order valence-corrected chi connectivity index (χ1v) is 7.31. The Kier molecular flexibility index (Phi) is 3.82. The normalized spacial score (nSPS) is 23.6. The molecule has 1 aliphatic heterocycles. The summed E-state index contributed by atoms with van der Waals surface area (Å²) in [5.74, 6) is 0.628. The Morgan fingerprint density at radius 1 is 1.32 bits per heavy atom. The van der Waals surface area contributed by atoms with Crippen LogP contribution in [0.15, 0.2) is 18.2 Å². The lowest BCUT2D eigenvalue weighted by Crippen LogP contribution is -2.45. The number of piperazine rings is 1. The minimum atomic E-state index is 0.628. The number of hydrogen-bond acceptors (Lipinski definition) is 2. The zero-order valence-corrected chi connectivity index (χ0v) is 11.4. The van der Waals surface area contributed by atoms with Gasteiger partial charge in [-0.05, 0) is 30.7 Å². The first-order valence-electron chi connectivity index (χ1n) is 7.31. The van der Waals surface area contributed by atoms with Crippen LogP contribution in [0.3, 0.4) is 0 Å². The first kappa shape index (κ1) is 12.7. The monoisotopic (exact) mass is 255 g/mol. The molecule has 1 fully saturated rings. The Hall–Kier alpha value is -1.37. The fourth-order valence-electron chi connectivity index (χ4n) is 3.43. The number of rotatable bonds is 2. The highest BCUT2D eigenvalue weighted by Gasteiger charge is 2.24. The van der Waals surface area contributed by atoms with Gasteiger partial charge in [-0.3, -0.25) is 0 Å². The predicted molar refractivity (Wildman–Crippen MR) is 77.7 cm³/mol. The molecular weight excluding hydrogens is 234 g/mol. The smallest absolute Gasteiger partial charge is 0.190 e. The van der Waals surface area contributed by atoms with Crippen LogP contribution in [0.1, 0.15) is 29.9 Å². The van der Waals surface area contributed by atoms with Crippen LogP contribution in [0.4, 0.5) is 5.69 Å². The first-order chi connectivity index (χ1) is 9.38. The van der Waals surface area contributed by atoms with Crippen molar-refractivity contribution < 1.29 is 0 Å². The summed E-state index contributed by atoms with van der Waals surface area (Å²) in [4.78, 5) is 6.26. The van der Waals surface area contributed by atoms with Gasteiger partial charge in [-0.15, -0.1) is 0 Å². The van der Waals surface area contributed by atoms with Gasteiger partial charge in [0.1, 0.15) is 0 Å². The van der Waals surface area contributed by atoms with Gasteiger partial charge in [-0.2, -0.15) is 0 Å². The molecule has 0 spiro atoms. The molecule has 2 aliphatic rings. The van der Waals surface area contributed by atoms with Crippen molar-refractivity contribution in [1.29, 1.82) is 0 Å². The standard InChI is InChI=1S/C16H21N3/c1-17-16-7-3-5-14-13(4-2-6-15(14)16)12-19-10-8-18-9-11-19/h3,5,7,13,18H,2,4,6,8-12H2. The van der Waals surface area contributed by atoms with Gasteiger partial charge in [0.2, 0.25) is 0 Å². The molecule has 3 nitrogen and oxygen atoms in total. The average Bonchev–Trinajstić information content (AvgIpc) is 2.48. The van der Waals surface area contributed by atoms with E-state index >= 15 is 0 Å². The molecule has 0 amide bonds. The van der Waals surface area contributed by atoms with Gasteiger partial charge in [0.05, 0.1) is 6.57 Å². The van der Waals surface area contributed by atoms with E-state index in [0.29, 0.717) is 5.92 Å². The largest absolute Gasteiger partial charge is 0.314 e. The van der Waals surface area contributed by atoms with Crippen molar-refractivity contribution in [1.82, 2.24) is 10.2 Å². The summed E-state index contributed by atoms with van der Waals surface area (Å²) in [5.41, 5.74) is 3.64. The van der Waals surface area contributed by atoms with E-state index in [9.17, 15) is 0 Å². The van der Waals surface area contributed by atoms with Crippen molar-refractivity contribution in [3.8, 4) is 0 Å². The third-order valence-corrected chi connectivity index (χ3v) is 4.42. The van der Waals surface area contributed by atoms with Gasteiger partial charge in [0.15, 0.2) is 5.69 Å². The topological polar surface area (TPSA) is 19.6 Å². The van der Waals surface area contributed by atoms with E-state index in [0.717, 1.165) is 44.8 Å². The van der Waals surface area contributed by atoms with E-state index in [2.05, 4.69) is 27.2 Å². The zero-order chi connectivity index (χ0) is 13.1. The van der Waals surface area contributed by atoms with Crippen LogP contribution >= 0.6 is 0 Å². The van der Waals surface area contributed by atoms with Crippen LogP contribution in [-0.2, 0) is 6.42 Å². The lowest BCUT2D eigenvalue weighted by molar-refractivity contribution is 0.220. The second-order valence-corrected chi connectivity index (χ2v) is 5.60. The molecule has 100 valence electrons. The SMILES string of the molecule is [C-]#[N+]c1cccc2c1CCCC2CN1CCNCC1. The van der Waals surface area contributed by atoms with Gasteiger partial charge in [0, 0.05) is 32.7 Å². The van der Waals surface area contributed by atoms with Crippen LogP contribution in [-0.4, -0.2) is 37.6 Å². The maximum Gasteiger partial charge on any atom is 0.190 e. The summed E-state index contributed by atoms with van der Waals surface area (Å²) in [7, 11) is 0. The third-order valence-electron chi connectivity index (χ3n) is 4.42. The lowest BCUT2D eigenvalue weighted by Gasteiger charge is -2.34. The molecule has 1 aliphatic carbocycles. The maximum absolute atomic E-state index is 7.31. The van der Waals surface area contributed by atoms with Gasteiger partial charge in [0.25, 0.3) is 0 Å². The lowest BCUT2D eigenvalue weighted by atomic mass is 9.81. The molecule has 0 bridgehead atoms. The van der Waals surface area contributed by atoms with E-state index in [4.69, 9.17) is 6.57 Å². The van der Waals surface area contributed by atoms with E-state index in [1.54, 1.807) is 0 Å². The molecule has 3 heteroatoms. The van der Waals surface area contributed by atoms with Gasteiger partial charge >= 0.3 is 0 Å². The molecule has 1 saturated heterocycles. The number of nitrogens with one attached hydrogen (secondary N) is 1. The van der Waals surface area contributed by atoms with Crippen LogP contribution in [0.5, 0.6) is 0 Å². The molecular formula is C16H21N3. The fourth-order valence-corrected chi connectivity index (χ4v) is 3.43. The Morgan fingerprint density at radius 2 is 2.16 bits per heavy atom.